The van der Waals surface area contributed by atoms with Gasteiger partial charge in [0.2, 0.25) is 12.7 Å². The lowest BCUT2D eigenvalue weighted by atomic mass is 9.77. The van der Waals surface area contributed by atoms with Gasteiger partial charge in [0.1, 0.15) is 17.8 Å². The predicted molar refractivity (Wildman–Crippen MR) is 131 cm³/mol. The Bertz CT molecular complexity index is 1120. The van der Waals surface area contributed by atoms with E-state index in [2.05, 4.69) is 37.8 Å². The number of para-hydroxylation sites is 1. The molecule has 34 heavy (non-hydrogen) atoms. The maximum atomic E-state index is 14.2. The lowest BCUT2D eigenvalue weighted by Gasteiger charge is -2.35. The molecule has 6 rings (SSSR count). The Morgan fingerprint density at radius 3 is 2.47 bits per heavy atom. The largest absolute Gasteiger partial charge is 0.491 e. The molecule has 6 nitrogen and oxygen atoms in total. The molecule has 1 spiro atoms. The fraction of sp³-hybridized carbons (Fsp3) is 0.536. The topological polar surface area (TPSA) is 51.2 Å². The third kappa shape index (κ3) is 3.46. The van der Waals surface area contributed by atoms with Gasteiger partial charge in [-0.25, -0.2) is 0 Å². The average molecular weight is 463 g/mol. The summed E-state index contributed by atoms with van der Waals surface area (Å²) < 4.78 is 17.3. The van der Waals surface area contributed by atoms with Crippen molar-refractivity contribution in [2.75, 3.05) is 44.5 Å². The van der Waals surface area contributed by atoms with E-state index in [0.717, 1.165) is 61.6 Å². The van der Waals surface area contributed by atoms with Crippen molar-refractivity contribution >= 4 is 11.6 Å². The first-order valence-corrected chi connectivity index (χ1v) is 12.6. The van der Waals surface area contributed by atoms with Crippen LogP contribution in [0.15, 0.2) is 36.4 Å². The fourth-order valence-electron chi connectivity index (χ4n) is 5.89. The lowest BCUT2D eigenvalue weighted by Crippen LogP contribution is -2.45. The van der Waals surface area contributed by atoms with Gasteiger partial charge < -0.3 is 24.0 Å². The molecule has 6 heteroatoms. The minimum absolute atomic E-state index is 0.126. The molecule has 4 aliphatic rings. The average Bonchev–Trinajstić information content (AvgIpc) is 3.49. The number of rotatable bonds is 4. The van der Waals surface area contributed by atoms with Crippen molar-refractivity contribution in [3.05, 3.63) is 47.5 Å². The highest BCUT2D eigenvalue weighted by Gasteiger charge is 2.57. The maximum absolute atomic E-state index is 14.2. The van der Waals surface area contributed by atoms with E-state index in [1.54, 1.807) is 0 Å². The Hall–Kier alpha value is -2.73. The van der Waals surface area contributed by atoms with E-state index in [4.69, 9.17) is 14.2 Å². The van der Waals surface area contributed by atoms with Gasteiger partial charge in [0, 0.05) is 23.9 Å². The fourth-order valence-corrected chi connectivity index (χ4v) is 5.89. The Kier molecular flexibility index (Phi) is 5.07. The second-order valence-electron chi connectivity index (χ2n) is 11.4. The Morgan fingerprint density at radius 2 is 1.71 bits per heavy atom. The van der Waals surface area contributed by atoms with Gasteiger partial charge in [0.05, 0.1) is 0 Å². The molecule has 4 aliphatic heterocycles. The van der Waals surface area contributed by atoms with Crippen LogP contribution in [-0.2, 0) is 10.2 Å². The van der Waals surface area contributed by atoms with Crippen molar-refractivity contribution in [3.63, 3.8) is 0 Å². The molecule has 1 atom stereocenters. The Labute approximate surface area is 201 Å². The van der Waals surface area contributed by atoms with Crippen LogP contribution in [0.2, 0.25) is 0 Å². The van der Waals surface area contributed by atoms with Gasteiger partial charge in [-0.05, 0) is 67.9 Å². The number of hydrogen-bond donors (Lipinski definition) is 0. The van der Waals surface area contributed by atoms with Crippen LogP contribution in [0.3, 0.4) is 0 Å². The van der Waals surface area contributed by atoms with E-state index in [1.807, 2.05) is 29.2 Å². The summed E-state index contributed by atoms with van der Waals surface area (Å²) in [5, 5.41) is 0. The van der Waals surface area contributed by atoms with Gasteiger partial charge in [0.25, 0.3) is 0 Å². The van der Waals surface area contributed by atoms with Gasteiger partial charge in [-0.3, -0.25) is 4.79 Å². The zero-order valence-electron chi connectivity index (χ0n) is 20.4. The first kappa shape index (κ1) is 21.8. The van der Waals surface area contributed by atoms with Crippen LogP contribution in [0.25, 0.3) is 0 Å². The van der Waals surface area contributed by atoms with E-state index >= 15 is 0 Å². The number of anilines is 1. The summed E-state index contributed by atoms with van der Waals surface area (Å²) in [6, 6.07) is 12.1. The summed E-state index contributed by atoms with van der Waals surface area (Å²) in [6.07, 6.45) is 3.49. The molecule has 0 aliphatic carbocycles. The van der Waals surface area contributed by atoms with Crippen LogP contribution in [-0.4, -0.2) is 50.4 Å². The molecule has 1 fully saturated rings. The van der Waals surface area contributed by atoms with Crippen LogP contribution in [0, 0.1) is 11.3 Å². The molecule has 1 saturated heterocycles. The molecule has 1 unspecified atom stereocenters. The van der Waals surface area contributed by atoms with Crippen molar-refractivity contribution in [1.82, 2.24) is 4.90 Å². The number of fused-ring (bicyclic) bond motifs is 5. The standard InChI is InChI=1S/C28H34N2O4/c1-27(2,3)10-13-29-11-8-19(9-12-29)16-30-22-7-5-4-6-20(22)28(26(30)31)17-32-23-15-25-24(14-21(23)28)33-18-34-25/h4-7,14-15,19H,8-13,16-18H2,1-3H3. The highest BCUT2D eigenvalue weighted by molar-refractivity contribution is 6.11. The third-order valence-corrected chi connectivity index (χ3v) is 7.97. The normalized spacial score (nSPS) is 24.0. The highest BCUT2D eigenvalue weighted by atomic mass is 16.7. The zero-order chi connectivity index (χ0) is 23.5. The van der Waals surface area contributed by atoms with Crippen molar-refractivity contribution < 1.29 is 19.0 Å². The number of benzene rings is 2. The van der Waals surface area contributed by atoms with Crippen LogP contribution in [0.5, 0.6) is 17.2 Å². The molecule has 2 aromatic rings. The number of piperidine rings is 1. The molecular formula is C28H34N2O4. The van der Waals surface area contributed by atoms with E-state index in [9.17, 15) is 4.79 Å². The molecule has 2 aromatic carbocycles. The van der Waals surface area contributed by atoms with E-state index in [-0.39, 0.29) is 12.7 Å². The minimum Gasteiger partial charge on any atom is -0.491 e. The molecule has 0 N–H and O–H groups in total. The summed E-state index contributed by atoms with van der Waals surface area (Å²) in [5.41, 5.74) is 2.53. The van der Waals surface area contributed by atoms with E-state index < -0.39 is 5.41 Å². The van der Waals surface area contributed by atoms with E-state index in [1.165, 1.54) is 6.42 Å². The van der Waals surface area contributed by atoms with Crippen molar-refractivity contribution in [1.29, 1.82) is 0 Å². The van der Waals surface area contributed by atoms with Crippen molar-refractivity contribution in [3.8, 4) is 17.2 Å². The van der Waals surface area contributed by atoms with Gasteiger partial charge in [0.15, 0.2) is 11.5 Å². The summed E-state index contributed by atoms with van der Waals surface area (Å²) in [6.45, 7) is 11.6. The highest BCUT2D eigenvalue weighted by Crippen LogP contribution is 2.55. The number of nitrogens with zero attached hydrogens (tertiary/aromatic N) is 2. The molecule has 0 radical (unpaired) electrons. The summed E-state index contributed by atoms with van der Waals surface area (Å²) in [5.74, 6) is 2.74. The quantitative estimate of drug-likeness (QED) is 0.665. The van der Waals surface area contributed by atoms with Gasteiger partial charge in [-0.15, -0.1) is 0 Å². The van der Waals surface area contributed by atoms with Gasteiger partial charge in [-0.2, -0.15) is 0 Å². The molecule has 1 amide bonds. The number of carbonyl (C=O) groups is 1. The van der Waals surface area contributed by atoms with Crippen LogP contribution < -0.4 is 19.1 Å². The lowest BCUT2D eigenvalue weighted by molar-refractivity contribution is -0.122. The number of amides is 1. The first-order chi connectivity index (χ1) is 16.3. The van der Waals surface area contributed by atoms with Crippen molar-refractivity contribution in [2.45, 2.75) is 45.4 Å². The number of likely N-dealkylation sites (tertiary alicyclic amines) is 1. The molecule has 0 aromatic heterocycles. The number of ether oxygens (including phenoxy) is 3. The molecule has 0 bridgehead atoms. The predicted octanol–water partition coefficient (Wildman–Crippen LogP) is 4.59. The smallest absolute Gasteiger partial charge is 0.245 e. The van der Waals surface area contributed by atoms with Crippen LogP contribution >= 0.6 is 0 Å². The van der Waals surface area contributed by atoms with Gasteiger partial charge in [-0.1, -0.05) is 39.0 Å². The van der Waals surface area contributed by atoms with Gasteiger partial charge >= 0.3 is 0 Å². The first-order valence-electron chi connectivity index (χ1n) is 12.6. The third-order valence-electron chi connectivity index (χ3n) is 7.97. The Balaban J connectivity index is 1.24. The van der Waals surface area contributed by atoms with Crippen LogP contribution in [0.4, 0.5) is 5.69 Å². The molecule has 180 valence electrons. The van der Waals surface area contributed by atoms with Crippen molar-refractivity contribution in [2.24, 2.45) is 11.3 Å². The summed E-state index contributed by atoms with van der Waals surface area (Å²) in [7, 11) is 0. The second-order valence-corrected chi connectivity index (χ2v) is 11.4. The second kappa shape index (κ2) is 7.91. The molecule has 4 heterocycles. The number of hydrogen-bond acceptors (Lipinski definition) is 5. The number of carbonyl (C=O) groups excluding carboxylic acids is 1. The minimum atomic E-state index is -0.805. The SMILES string of the molecule is CC(C)(C)CCN1CCC(CN2C(=O)C3(COc4cc5c(cc43)OCO5)c3ccccc32)CC1. The maximum Gasteiger partial charge on any atom is 0.245 e. The van der Waals surface area contributed by atoms with Crippen LogP contribution in [0.1, 0.15) is 51.2 Å². The molecular weight excluding hydrogens is 428 g/mol. The molecule has 0 saturated carbocycles. The monoisotopic (exact) mass is 462 g/mol. The Morgan fingerprint density at radius 1 is 0.971 bits per heavy atom. The zero-order valence-corrected chi connectivity index (χ0v) is 20.4. The van der Waals surface area contributed by atoms with E-state index in [0.29, 0.717) is 29.4 Å². The summed E-state index contributed by atoms with van der Waals surface area (Å²) >= 11 is 0. The summed E-state index contributed by atoms with van der Waals surface area (Å²) in [4.78, 5) is 18.8.